The lowest BCUT2D eigenvalue weighted by Crippen LogP contribution is -2.36. The molecule has 17 heavy (non-hydrogen) atoms. The third-order valence-corrected chi connectivity index (χ3v) is 2.94. The normalized spacial score (nSPS) is 11.5. The van der Waals surface area contributed by atoms with Crippen molar-refractivity contribution in [2.75, 3.05) is 19.8 Å². The van der Waals surface area contributed by atoms with Crippen LogP contribution in [-0.4, -0.2) is 41.0 Å². The van der Waals surface area contributed by atoms with Crippen molar-refractivity contribution < 1.29 is 10.2 Å². The summed E-state index contributed by atoms with van der Waals surface area (Å²) in [7, 11) is 0. The van der Waals surface area contributed by atoms with Gasteiger partial charge in [0.15, 0.2) is 0 Å². The molecule has 1 heterocycles. The quantitative estimate of drug-likeness (QED) is 0.593. The number of aromatic nitrogens is 1. The lowest BCUT2D eigenvalue weighted by Gasteiger charge is -2.12. The summed E-state index contributed by atoms with van der Waals surface area (Å²) in [6.07, 6.45) is 2.89. The first-order chi connectivity index (χ1) is 8.35. The molecule has 92 valence electrons. The summed E-state index contributed by atoms with van der Waals surface area (Å²) in [5.74, 6) is 0. The molecule has 1 aromatic heterocycles. The van der Waals surface area contributed by atoms with E-state index in [4.69, 9.17) is 10.2 Å². The molecule has 0 aliphatic heterocycles. The molecule has 4 N–H and O–H groups in total. The van der Waals surface area contributed by atoms with E-state index in [2.05, 4.69) is 22.4 Å². The molecule has 4 heteroatoms. The maximum absolute atomic E-state index is 8.93. The van der Waals surface area contributed by atoms with Gasteiger partial charge in [0.25, 0.3) is 0 Å². The first kappa shape index (κ1) is 12.1. The number of benzene rings is 1. The molecule has 0 unspecified atom stereocenters. The molecular formula is C13H18N2O2. The van der Waals surface area contributed by atoms with Gasteiger partial charge >= 0.3 is 0 Å². The van der Waals surface area contributed by atoms with Crippen LogP contribution in [0.2, 0.25) is 0 Å². The predicted octanol–water partition coefficient (Wildman–Crippen LogP) is 0.653. The highest BCUT2D eigenvalue weighted by atomic mass is 16.3. The summed E-state index contributed by atoms with van der Waals surface area (Å²) in [4.78, 5) is 3.23. The SMILES string of the molecule is OCC(CO)NCCc1c[nH]c2ccccc12. The van der Waals surface area contributed by atoms with Crippen molar-refractivity contribution in [2.24, 2.45) is 0 Å². The molecule has 0 amide bonds. The Balaban J connectivity index is 1.95. The highest BCUT2D eigenvalue weighted by Gasteiger charge is 2.06. The van der Waals surface area contributed by atoms with Crippen LogP contribution in [-0.2, 0) is 6.42 Å². The van der Waals surface area contributed by atoms with Crippen LogP contribution >= 0.6 is 0 Å². The smallest absolute Gasteiger partial charge is 0.0607 e. The number of H-pyrrole nitrogens is 1. The monoisotopic (exact) mass is 234 g/mol. The van der Waals surface area contributed by atoms with E-state index in [9.17, 15) is 0 Å². The largest absolute Gasteiger partial charge is 0.395 e. The summed E-state index contributed by atoms with van der Waals surface area (Å²) >= 11 is 0. The van der Waals surface area contributed by atoms with Gasteiger partial charge in [0, 0.05) is 17.1 Å². The van der Waals surface area contributed by atoms with Gasteiger partial charge in [-0.2, -0.15) is 0 Å². The van der Waals surface area contributed by atoms with Crippen LogP contribution < -0.4 is 5.32 Å². The maximum Gasteiger partial charge on any atom is 0.0607 e. The van der Waals surface area contributed by atoms with E-state index < -0.39 is 0 Å². The Morgan fingerprint density at radius 3 is 2.71 bits per heavy atom. The van der Waals surface area contributed by atoms with Gasteiger partial charge in [-0.15, -0.1) is 0 Å². The van der Waals surface area contributed by atoms with Crippen molar-refractivity contribution in [1.82, 2.24) is 10.3 Å². The van der Waals surface area contributed by atoms with Gasteiger partial charge in [0.2, 0.25) is 0 Å². The van der Waals surface area contributed by atoms with Gasteiger partial charge in [-0.1, -0.05) is 18.2 Å². The molecule has 0 radical (unpaired) electrons. The van der Waals surface area contributed by atoms with E-state index in [1.54, 1.807) is 0 Å². The molecule has 2 aromatic rings. The number of aromatic amines is 1. The zero-order valence-corrected chi connectivity index (χ0v) is 9.69. The van der Waals surface area contributed by atoms with Gasteiger partial charge in [0.1, 0.15) is 0 Å². The number of para-hydroxylation sites is 1. The summed E-state index contributed by atoms with van der Waals surface area (Å²) in [5, 5.41) is 22.2. The second kappa shape index (κ2) is 5.82. The van der Waals surface area contributed by atoms with Crippen LogP contribution in [0.25, 0.3) is 10.9 Å². The molecule has 0 fully saturated rings. The molecule has 0 bridgehead atoms. The van der Waals surface area contributed by atoms with Crippen molar-refractivity contribution in [3.8, 4) is 0 Å². The molecule has 4 nitrogen and oxygen atoms in total. The fourth-order valence-corrected chi connectivity index (χ4v) is 1.94. The number of aliphatic hydroxyl groups is 2. The molecule has 0 aliphatic rings. The zero-order valence-electron chi connectivity index (χ0n) is 9.69. The Bertz CT molecular complexity index is 463. The van der Waals surface area contributed by atoms with Crippen LogP contribution in [0.4, 0.5) is 0 Å². The van der Waals surface area contributed by atoms with E-state index in [1.807, 2.05) is 18.3 Å². The number of nitrogens with one attached hydrogen (secondary N) is 2. The molecule has 0 saturated heterocycles. The van der Waals surface area contributed by atoms with Crippen molar-refractivity contribution in [2.45, 2.75) is 12.5 Å². The summed E-state index contributed by atoms with van der Waals surface area (Å²) in [6, 6.07) is 7.96. The first-order valence-corrected chi connectivity index (χ1v) is 5.85. The molecule has 1 aromatic carbocycles. The third-order valence-electron chi connectivity index (χ3n) is 2.94. The minimum absolute atomic E-state index is 0.0373. The lowest BCUT2D eigenvalue weighted by atomic mass is 10.1. The number of hydrogen-bond acceptors (Lipinski definition) is 3. The minimum Gasteiger partial charge on any atom is -0.395 e. The van der Waals surface area contributed by atoms with Gasteiger partial charge in [-0.3, -0.25) is 0 Å². The average molecular weight is 234 g/mol. The molecule has 0 atom stereocenters. The number of fused-ring (bicyclic) bond motifs is 1. The van der Waals surface area contributed by atoms with Gasteiger partial charge in [-0.25, -0.2) is 0 Å². The topological polar surface area (TPSA) is 68.3 Å². The Kier molecular flexibility index (Phi) is 4.14. The van der Waals surface area contributed by atoms with Crippen LogP contribution in [0.15, 0.2) is 30.5 Å². The lowest BCUT2D eigenvalue weighted by molar-refractivity contribution is 0.171. The standard InChI is InChI=1S/C13H18N2O2/c16-8-11(9-17)14-6-5-10-7-15-13-4-2-1-3-12(10)13/h1-4,7,11,14-17H,5-6,8-9H2. The van der Waals surface area contributed by atoms with Gasteiger partial charge in [0.05, 0.1) is 19.3 Å². The van der Waals surface area contributed by atoms with Crippen LogP contribution in [0.3, 0.4) is 0 Å². The summed E-state index contributed by atoms with van der Waals surface area (Å²) < 4.78 is 0. The number of rotatable bonds is 6. The second-order valence-electron chi connectivity index (χ2n) is 4.13. The Hall–Kier alpha value is -1.36. The second-order valence-corrected chi connectivity index (χ2v) is 4.13. The van der Waals surface area contributed by atoms with Crippen molar-refractivity contribution >= 4 is 10.9 Å². The van der Waals surface area contributed by atoms with Crippen LogP contribution in [0.1, 0.15) is 5.56 Å². The van der Waals surface area contributed by atoms with Gasteiger partial charge in [-0.05, 0) is 24.6 Å². The molecule has 0 spiro atoms. The first-order valence-electron chi connectivity index (χ1n) is 5.85. The minimum atomic E-state index is -0.222. The summed E-state index contributed by atoms with van der Waals surface area (Å²) in [6.45, 7) is 0.669. The predicted molar refractivity (Wildman–Crippen MR) is 68.0 cm³/mol. The number of hydrogen-bond donors (Lipinski definition) is 4. The van der Waals surface area contributed by atoms with E-state index in [0.717, 1.165) is 18.5 Å². The Labute approximate surface area is 100 Å². The third kappa shape index (κ3) is 2.85. The van der Waals surface area contributed by atoms with E-state index in [0.29, 0.717) is 0 Å². The van der Waals surface area contributed by atoms with Crippen LogP contribution in [0, 0.1) is 0 Å². The highest BCUT2D eigenvalue weighted by Crippen LogP contribution is 2.17. The van der Waals surface area contributed by atoms with Crippen molar-refractivity contribution in [3.05, 3.63) is 36.0 Å². The molecule has 2 rings (SSSR count). The van der Waals surface area contributed by atoms with E-state index in [1.165, 1.54) is 10.9 Å². The zero-order chi connectivity index (χ0) is 12.1. The maximum atomic E-state index is 8.93. The average Bonchev–Trinajstić information content (AvgIpc) is 2.78. The van der Waals surface area contributed by atoms with Gasteiger partial charge < -0.3 is 20.5 Å². The molecular weight excluding hydrogens is 216 g/mol. The van der Waals surface area contributed by atoms with E-state index >= 15 is 0 Å². The Morgan fingerprint density at radius 1 is 1.18 bits per heavy atom. The molecule has 0 aliphatic carbocycles. The molecule has 0 saturated carbocycles. The van der Waals surface area contributed by atoms with Crippen molar-refractivity contribution in [1.29, 1.82) is 0 Å². The number of aliphatic hydroxyl groups excluding tert-OH is 2. The Morgan fingerprint density at radius 2 is 1.94 bits per heavy atom. The van der Waals surface area contributed by atoms with Crippen molar-refractivity contribution in [3.63, 3.8) is 0 Å². The van der Waals surface area contributed by atoms with E-state index in [-0.39, 0.29) is 19.3 Å². The highest BCUT2D eigenvalue weighted by molar-refractivity contribution is 5.83. The fraction of sp³-hybridized carbons (Fsp3) is 0.385. The fourth-order valence-electron chi connectivity index (χ4n) is 1.94. The summed E-state index contributed by atoms with van der Waals surface area (Å²) in [5.41, 5.74) is 2.39. The van der Waals surface area contributed by atoms with Crippen LogP contribution in [0.5, 0.6) is 0 Å².